The molecule has 5 N–H and O–H groups in total. The quantitative estimate of drug-likeness (QED) is 0.725. The molecular weight excluding hydrogens is 340 g/mol. The molecule has 1 saturated carbocycles. The molecule has 25 heavy (non-hydrogen) atoms. The van der Waals surface area contributed by atoms with Crippen LogP contribution in [0.3, 0.4) is 0 Å². The lowest BCUT2D eigenvalue weighted by Crippen LogP contribution is -2.64. The van der Waals surface area contributed by atoms with Crippen molar-refractivity contribution in [2.24, 2.45) is 17.4 Å². The van der Waals surface area contributed by atoms with Crippen molar-refractivity contribution in [2.75, 3.05) is 14.1 Å². The Balaban J connectivity index is 1.84. The van der Waals surface area contributed by atoms with Crippen molar-refractivity contribution in [1.29, 1.82) is 0 Å². The lowest BCUT2D eigenvalue weighted by Gasteiger charge is -2.40. The van der Waals surface area contributed by atoms with Crippen LogP contribution < -0.4 is 11.5 Å². The van der Waals surface area contributed by atoms with E-state index in [1.807, 2.05) is 6.07 Å². The number of carbonyl (C=O) groups excluding carboxylic acids is 2. The number of H-pyrrole nitrogens is 1. The Morgan fingerprint density at radius 3 is 2.68 bits per heavy atom. The zero-order valence-electron chi connectivity index (χ0n) is 14.4. The first-order valence-electron chi connectivity index (χ1n) is 8.31. The standard InChI is InChI=1S/C18H23ClN4O2/c1-23(2)17(25)10-5-6-18(21,15(20)9-10)16(24)14-8-11-7-12(19)3-4-13(11)22-14/h3-4,7-8,10,15,22H,5-6,9,20-21H2,1-2H3. The summed E-state index contributed by atoms with van der Waals surface area (Å²) in [5.74, 6) is -0.371. The van der Waals surface area contributed by atoms with Crippen molar-refractivity contribution < 1.29 is 9.59 Å². The Kier molecular flexibility index (Phi) is 4.62. The summed E-state index contributed by atoms with van der Waals surface area (Å²) in [6, 6.07) is 6.56. The molecule has 0 radical (unpaired) electrons. The van der Waals surface area contributed by atoms with Gasteiger partial charge < -0.3 is 21.4 Å². The molecule has 0 saturated heterocycles. The molecule has 3 rings (SSSR count). The number of aromatic amines is 1. The van der Waals surface area contributed by atoms with Gasteiger partial charge in [-0.1, -0.05) is 11.6 Å². The van der Waals surface area contributed by atoms with Crippen molar-refractivity contribution in [3.8, 4) is 0 Å². The van der Waals surface area contributed by atoms with Gasteiger partial charge >= 0.3 is 0 Å². The van der Waals surface area contributed by atoms with Crippen LogP contribution in [0.25, 0.3) is 10.9 Å². The molecule has 0 spiro atoms. The Morgan fingerprint density at radius 2 is 2.04 bits per heavy atom. The van der Waals surface area contributed by atoms with Crippen molar-refractivity contribution in [2.45, 2.75) is 30.8 Å². The molecule has 1 aromatic carbocycles. The maximum absolute atomic E-state index is 13.0. The van der Waals surface area contributed by atoms with E-state index in [2.05, 4.69) is 4.98 Å². The van der Waals surface area contributed by atoms with Crippen molar-refractivity contribution in [3.63, 3.8) is 0 Å². The summed E-state index contributed by atoms with van der Waals surface area (Å²) < 4.78 is 0. The van der Waals surface area contributed by atoms with Crippen LogP contribution in [0.5, 0.6) is 0 Å². The van der Waals surface area contributed by atoms with E-state index in [1.165, 1.54) is 0 Å². The summed E-state index contributed by atoms with van der Waals surface area (Å²) in [5, 5.41) is 1.46. The van der Waals surface area contributed by atoms with Crippen molar-refractivity contribution in [1.82, 2.24) is 9.88 Å². The van der Waals surface area contributed by atoms with E-state index in [1.54, 1.807) is 37.2 Å². The third-order valence-electron chi connectivity index (χ3n) is 5.15. The van der Waals surface area contributed by atoms with Crippen LogP contribution in [0, 0.1) is 5.92 Å². The summed E-state index contributed by atoms with van der Waals surface area (Å²) in [7, 11) is 3.44. The number of nitrogens with zero attached hydrogens (tertiary/aromatic N) is 1. The van der Waals surface area contributed by atoms with Gasteiger partial charge in [0.1, 0.15) is 0 Å². The predicted molar refractivity (Wildman–Crippen MR) is 98.6 cm³/mol. The zero-order valence-corrected chi connectivity index (χ0v) is 15.1. The smallest absolute Gasteiger partial charge is 0.225 e. The van der Waals surface area contributed by atoms with Crippen LogP contribution in [0.2, 0.25) is 5.02 Å². The Morgan fingerprint density at radius 1 is 1.32 bits per heavy atom. The summed E-state index contributed by atoms with van der Waals surface area (Å²) in [5.41, 5.74) is 12.7. The molecule has 3 atom stereocenters. The second kappa shape index (κ2) is 6.44. The van der Waals surface area contributed by atoms with E-state index < -0.39 is 11.6 Å². The third-order valence-corrected chi connectivity index (χ3v) is 5.38. The number of amides is 1. The second-order valence-electron chi connectivity index (χ2n) is 7.09. The summed E-state index contributed by atoms with van der Waals surface area (Å²) in [4.78, 5) is 29.9. The molecule has 3 unspecified atom stereocenters. The molecule has 134 valence electrons. The van der Waals surface area contributed by atoms with Crippen LogP contribution in [-0.4, -0.2) is 47.3 Å². The van der Waals surface area contributed by atoms with Gasteiger partial charge in [0.15, 0.2) is 5.78 Å². The molecular formula is C18H23ClN4O2. The monoisotopic (exact) mass is 362 g/mol. The number of hydrogen-bond acceptors (Lipinski definition) is 4. The maximum Gasteiger partial charge on any atom is 0.225 e. The van der Waals surface area contributed by atoms with Gasteiger partial charge in [-0.2, -0.15) is 0 Å². The normalized spacial score (nSPS) is 26.6. The molecule has 1 amide bonds. The highest BCUT2D eigenvalue weighted by molar-refractivity contribution is 6.31. The molecule has 0 bridgehead atoms. The topological polar surface area (TPSA) is 105 Å². The largest absolute Gasteiger partial charge is 0.352 e. The van der Waals surface area contributed by atoms with E-state index in [4.69, 9.17) is 23.1 Å². The molecule has 0 aliphatic heterocycles. The highest BCUT2D eigenvalue weighted by Gasteiger charge is 2.46. The zero-order chi connectivity index (χ0) is 18.4. The number of fused-ring (bicyclic) bond motifs is 1. The first-order chi connectivity index (χ1) is 11.7. The van der Waals surface area contributed by atoms with Gasteiger partial charge in [0.2, 0.25) is 5.91 Å². The minimum Gasteiger partial charge on any atom is -0.352 e. The van der Waals surface area contributed by atoms with E-state index >= 15 is 0 Å². The average Bonchev–Trinajstić information content (AvgIpc) is 2.98. The van der Waals surface area contributed by atoms with E-state index in [0.29, 0.717) is 30.0 Å². The van der Waals surface area contributed by atoms with E-state index in [0.717, 1.165) is 10.9 Å². The van der Waals surface area contributed by atoms with Crippen molar-refractivity contribution >= 4 is 34.2 Å². The Bertz CT molecular complexity index is 832. The summed E-state index contributed by atoms with van der Waals surface area (Å²) in [6.07, 6.45) is 1.34. The number of ketones is 1. The highest BCUT2D eigenvalue weighted by atomic mass is 35.5. The molecule has 1 aliphatic carbocycles. The average molecular weight is 363 g/mol. The molecule has 7 heteroatoms. The lowest BCUT2D eigenvalue weighted by molar-refractivity contribution is -0.134. The molecule has 6 nitrogen and oxygen atoms in total. The van der Waals surface area contributed by atoms with Gasteiger partial charge in [-0.15, -0.1) is 0 Å². The van der Waals surface area contributed by atoms with Gasteiger partial charge in [-0.05, 0) is 43.5 Å². The number of hydrogen-bond donors (Lipinski definition) is 3. The molecule has 1 aromatic heterocycles. The second-order valence-corrected chi connectivity index (χ2v) is 7.53. The maximum atomic E-state index is 13.0. The van der Waals surface area contributed by atoms with Crippen LogP contribution in [0.4, 0.5) is 0 Å². The molecule has 2 aromatic rings. The van der Waals surface area contributed by atoms with Gasteiger partial charge in [0, 0.05) is 42.0 Å². The highest BCUT2D eigenvalue weighted by Crippen LogP contribution is 2.33. The third kappa shape index (κ3) is 3.17. The fourth-order valence-corrected chi connectivity index (χ4v) is 3.76. The van der Waals surface area contributed by atoms with Gasteiger partial charge in [0.25, 0.3) is 0 Å². The van der Waals surface area contributed by atoms with Crippen molar-refractivity contribution in [3.05, 3.63) is 35.0 Å². The Hall–Kier alpha value is -1.89. The van der Waals surface area contributed by atoms with E-state index in [-0.39, 0.29) is 17.6 Å². The Labute approximate surface area is 151 Å². The predicted octanol–water partition coefficient (Wildman–Crippen LogP) is 1.92. The number of halogens is 1. The first-order valence-corrected chi connectivity index (χ1v) is 8.69. The number of Topliss-reactive ketones (excluding diaryl/α,β-unsaturated/α-hetero) is 1. The van der Waals surface area contributed by atoms with Gasteiger partial charge in [0.05, 0.1) is 11.2 Å². The molecule has 1 fully saturated rings. The van der Waals surface area contributed by atoms with Crippen LogP contribution in [0.1, 0.15) is 29.8 Å². The first kappa shape index (κ1) is 17.9. The summed E-state index contributed by atoms with van der Waals surface area (Å²) >= 11 is 6.00. The molecule has 1 aliphatic rings. The van der Waals surface area contributed by atoms with Crippen LogP contribution in [-0.2, 0) is 4.79 Å². The number of aromatic nitrogens is 1. The number of carbonyl (C=O) groups is 2. The number of nitrogens with two attached hydrogens (primary N) is 2. The van der Waals surface area contributed by atoms with Gasteiger partial charge in [-0.25, -0.2) is 0 Å². The van der Waals surface area contributed by atoms with Crippen LogP contribution in [0.15, 0.2) is 24.3 Å². The van der Waals surface area contributed by atoms with Gasteiger partial charge in [-0.3, -0.25) is 9.59 Å². The van der Waals surface area contributed by atoms with Crippen LogP contribution >= 0.6 is 11.6 Å². The number of nitrogens with one attached hydrogen (secondary N) is 1. The number of benzene rings is 1. The minimum absolute atomic E-state index is 0.0326. The molecule has 1 heterocycles. The fourth-order valence-electron chi connectivity index (χ4n) is 3.58. The SMILES string of the molecule is CN(C)C(=O)C1CCC(N)(C(=O)c2cc3cc(Cl)ccc3[nH]2)C(N)C1. The van der Waals surface area contributed by atoms with E-state index in [9.17, 15) is 9.59 Å². The lowest BCUT2D eigenvalue weighted by atomic mass is 9.70. The fraction of sp³-hybridized carbons (Fsp3) is 0.444. The number of rotatable bonds is 3. The summed E-state index contributed by atoms with van der Waals surface area (Å²) in [6.45, 7) is 0. The minimum atomic E-state index is -1.17.